The van der Waals surface area contributed by atoms with Crippen molar-refractivity contribution in [2.75, 3.05) is 6.61 Å². The average molecular weight is 230 g/mol. The minimum atomic E-state index is -0.335. The van der Waals surface area contributed by atoms with Gasteiger partial charge in [-0.25, -0.2) is 4.68 Å². The highest BCUT2D eigenvalue weighted by molar-refractivity contribution is 7.71. The summed E-state index contributed by atoms with van der Waals surface area (Å²) in [4.78, 5) is 11.3. The molecule has 0 saturated heterocycles. The van der Waals surface area contributed by atoms with E-state index in [1.165, 1.54) is 4.68 Å². The van der Waals surface area contributed by atoms with Crippen LogP contribution in [0.1, 0.15) is 20.3 Å². The molecule has 0 amide bonds. The van der Waals surface area contributed by atoms with Gasteiger partial charge in [-0.2, -0.15) is 5.21 Å². The molecule has 7 heteroatoms. The van der Waals surface area contributed by atoms with Crippen molar-refractivity contribution < 1.29 is 9.53 Å². The van der Waals surface area contributed by atoms with Gasteiger partial charge in [0.15, 0.2) is 0 Å². The quantitative estimate of drug-likeness (QED) is 0.601. The van der Waals surface area contributed by atoms with E-state index in [9.17, 15) is 4.79 Å². The van der Waals surface area contributed by atoms with Crippen LogP contribution in [0.2, 0.25) is 0 Å². The first-order chi connectivity index (χ1) is 7.09. The number of esters is 1. The zero-order chi connectivity index (χ0) is 11.3. The lowest BCUT2D eigenvalue weighted by atomic mass is 10.1. The first kappa shape index (κ1) is 11.8. The molecule has 0 atom stereocenters. The summed E-state index contributed by atoms with van der Waals surface area (Å²) in [6.07, 6.45) is 0.859. The molecule has 0 aromatic carbocycles. The van der Waals surface area contributed by atoms with Crippen LogP contribution < -0.4 is 0 Å². The van der Waals surface area contributed by atoms with E-state index in [2.05, 4.69) is 29.4 Å². The van der Waals surface area contributed by atoms with E-state index in [1.807, 2.05) is 0 Å². The Morgan fingerprint density at radius 1 is 1.67 bits per heavy atom. The van der Waals surface area contributed by atoms with E-state index in [1.54, 1.807) is 0 Å². The Labute approximate surface area is 92.6 Å². The molecule has 84 valence electrons. The van der Waals surface area contributed by atoms with Gasteiger partial charge in [-0.1, -0.05) is 24.2 Å². The van der Waals surface area contributed by atoms with E-state index in [-0.39, 0.29) is 17.3 Å². The SMILES string of the molecule is CC(C)CCOC(=O)Cn1[nH]nnc1=S. The Kier molecular flexibility index (Phi) is 4.41. The second-order valence-corrected chi connectivity index (χ2v) is 3.94. The topological polar surface area (TPSA) is 72.8 Å². The number of nitrogens with one attached hydrogen (secondary N) is 1. The maximum absolute atomic E-state index is 11.3. The standard InChI is InChI=1S/C8H14N4O2S/c1-6(2)3-4-14-7(13)5-12-8(15)9-10-11-12/h6H,3-5H2,1-2H3,(H,9,11,15). The summed E-state index contributed by atoms with van der Waals surface area (Å²) in [7, 11) is 0. The van der Waals surface area contributed by atoms with Crippen LogP contribution in [0, 0.1) is 10.7 Å². The molecule has 0 aliphatic carbocycles. The third kappa shape index (κ3) is 4.20. The fourth-order valence-electron chi connectivity index (χ4n) is 0.902. The van der Waals surface area contributed by atoms with Gasteiger partial charge in [0, 0.05) is 0 Å². The smallest absolute Gasteiger partial charge is 0.327 e. The van der Waals surface area contributed by atoms with Crippen LogP contribution in [0.25, 0.3) is 0 Å². The lowest BCUT2D eigenvalue weighted by Gasteiger charge is -2.06. The van der Waals surface area contributed by atoms with Crippen molar-refractivity contribution in [1.29, 1.82) is 0 Å². The van der Waals surface area contributed by atoms with Crippen LogP contribution in [0.15, 0.2) is 0 Å². The molecule has 15 heavy (non-hydrogen) atoms. The fraction of sp³-hybridized carbons (Fsp3) is 0.750. The van der Waals surface area contributed by atoms with Gasteiger partial charge < -0.3 is 4.74 Å². The number of aromatic nitrogens is 4. The Morgan fingerprint density at radius 3 is 2.93 bits per heavy atom. The van der Waals surface area contributed by atoms with Crippen molar-refractivity contribution in [2.24, 2.45) is 5.92 Å². The van der Waals surface area contributed by atoms with Gasteiger partial charge in [0.1, 0.15) is 6.54 Å². The highest BCUT2D eigenvalue weighted by Gasteiger charge is 2.06. The van der Waals surface area contributed by atoms with E-state index < -0.39 is 0 Å². The van der Waals surface area contributed by atoms with E-state index >= 15 is 0 Å². The maximum Gasteiger partial charge on any atom is 0.327 e. The number of nitrogens with zero attached hydrogens (tertiary/aromatic N) is 3. The molecule has 0 saturated carbocycles. The summed E-state index contributed by atoms with van der Waals surface area (Å²) in [5, 5.41) is 9.49. The number of hydrogen-bond acceptors (Lipinski definition) is 5. The monoisotopic (exact) mass is 230 g/mol. The lowest BCUT2D eigenvalue weighted by Crippen LogP contribution is -2.16. The molecule has 0 aliphatic heterocycles. The third-order valence-electron chi connectivity index (χ3n) is 1.78. The Morgan fingerprint density at radius 2 is 2.40 bits per heavy atom. The summed E-state index contributed by atoms with van der Waals surface area (Å²) in [5.74, 6) is 0.187. The molecule has 0 radical (unpaired) electrons. The molecule has 1 aromatic rings. The number of carbonyl (C=O) groups is 1. The Balaban J connectivity index is 2.31. The first-order valence-corrected chi connectivity index (χ1v) is 5.14. The molecule has 0 spiro atoms. The van der Waals surface area contributed by atoms with Gasteiger partial charge in [-0.05, 0) is 24.6 Å². The minimum absolute atomic E-state index is 0.0317. The highest BCUT2D eigenvalue weighted by atomic mass is 32.1. The van der Waals surface area contributed by atoms with Crippen molar-refractivity contribution in [3.63, 3.8) is 0 Å². The summed E-state index contributed by atoms with van der Waals surface area (Å²) in [6.45, 7) is 4.61. The molecule has 1 N–H and O–H groups in total. The predicted molar refractivity (Wildman–Crippen MR) is 55.6 cm³/mol. The number of carbonyl (C=O) groups excluding carboxylic acids is 1. The average Bonchev–Trinajstić information content (AvgIpc) is 2.51. The molecule has 1 aromatic heterocycles. The highest BCUT2D eigenvalue weighted by Crippen LogP contribution is 1.99. The van der Waals surface area contributed by atoms with Gasteiger partial charge in [0.2, 0.25) is 4.77 Å². The molecule has 1 rings (SSSR count). The van der Waals surface area contributed by atoms with Crippen LogP contribution in [0.3, 0.4) is 0 Å². The number of H-pyrrole nitrogens is 1. The van der Waals surface area contributed by atoms with E-state index in [0.29, 0.717) is 12.5 Å². The summed E-state index contributed by atoms with van der Waals surface area (Å²) >= 11 is 4.81. The van der Waals surface area contributed by atoms with Crippen LogP contribution in [-0.2, 0) is 16.1 Å². The van der Waals surface area contributed by atoms with Crippen molar-refractivity contribution in [3.05, 3.63) is 4.77 Å². The fourth-order valence-corrected chi connectivity index (χ4v) is 1.05. The zero-order valence-electron chi connectivity index (χ0n) is 8.77. The van der Waals surface area contributed by atoms with Crippen LogP contribution >= 0.6 is 12.2 Å². The second-order valence-electron chi connectivity index (χ2n) is 3.57. The third-order valence-corrected chi connectivity index (χ3v) is 2.08. The number of hydrogen-bond donors (Lipinski definition) is 1. The number of aromatic amines is 1. The molecule has 0 aliphatic rings. The lowest BCUT2D eigenvalue weighted by molar-refractivity contribution is -0.144. The summed E-state index contributed by atoms with van der Waals surface area (Å²) in [5.41, 5.74) is 0. The van der Waals surface area contributed by atoms with Crippen molar-refractivity contribution >= 4 is 18.2 Å². The van der Waals surface area contributed by atoms with Crippen molar-refractivity contribution in [3.8, 4) is 0 Å². The molecule has 1 heterocycles. The van der Waals surface area contributed by atoms with Gasteiger partial charge in [0.05, 0.1) is 6.61 Å². The molecule has 0 bridgehead atoms. The van der Waals surface area contributed by atoms with Crippen LogP contribution in [0.4, 0.5) is 0 Å². The van der Waals surface area contributed by atoms with Crippen LogP contribution in [-0.4, -0.2) is 32.8 Å². The number of ether oxygens (including phenoxy) is 1. The van der Waals surface area contributed by atoms with Gasteiger partial charge in [-0.15, -0.1) is 0 Å². The van der Waals surface area contributed by atoms with Crippen molar-refractivity contribution in [1.82, 2.24) is 20.2 Å². The van der Waals surface area contributed by atoms with Crippen molar-refractivity contribution in [2.45, 2.75) is 26.8 Å². The van der Waals surface area contributed by atoms with Gasteiger partial charge in [-0.3, -0.25) is 4.79 Å². The second kappa shape index (κ2) is 5.59. The Hall–Kier alpha value is -1.24. The zero-order valence-corrected chi connectivity index (χ0v) is 9.58. The largest absolute Gasteiger partial charge is 0.464 e. The van der Waals surface area contributed by atoms with Gasteiger partial charge >= 0.3 is 5.97 Å². The normalized spacial score (nSPS) is 10.6. The summed E-state index contributed by atoms with van der Waals surface area (Å²) in [6, 6.07) is 0. The molecule has 6 nitrogen and oxygen atoms in total. The number of rotatable bonds is 5. The maximum atomic E-state index is 11.3. The minimum Gasteiger partial charge on any atom is -0.464 e. The first-order valence-electron chi connectivity index (χ1n) is 4.73. The molecular weight excluding hydrogens is 216 g/mol. The van der Waals surface area contributed by atoms with E-state index in [0.717, 1.165) is 6.42 Å². The van der Waals surface area contributed by atoms with Gasteiger partial charge in [0.25, 0.3) is 0 Å². The summed E-state index contributed by atoms with van der Waals surface area (Å²) < 4.78 is 6.60. The molecular formula is C8H14N4O2S. The van der Waals surface area contributed by atoms with Crippen LogP contribution in [0.5, 0.6) is 0 Å². The Bertz CT molecular complexity index is 371. The molecule has 0 fully saturated rings. The number of tetrazole rings is 1. The molecule has 0 unspecified atom stereocenters. The van der Waals surface area contributed by atoms with E-state index in [4.69, 9.17) is 17.0 Å². The predicted octanol–water partition coefficient (Wildman–Crippen LogP) is 0.925.